The van der Waals surface area contributed by atoms with Gasteiger partial charge in [0.2, 0.25) is 10.0 Å². The highest BCUT2D eigenvalue weighted by atomic mass is 32.2. The predicted octanol–water partition coefficient (Wildman–Crippen LogP) is 5.38. The van der Waals surface area contributed by atoms with E-state index >= 15 is 0 Å². The first-order valence-electron chi connectivity index (χ1n) is 12.0. The number of sulfonamides is 1. The molecule has 0 radical (unpaired) electrons. The molecule has 3 aromatic rings. The Bertz CT molecular complexity index is 1290. The number of aryl methyl sites for hydroxylation is 2. The van der Waals surface area contributed by atoms with Crippen LogP contribution in [0.15, 0.2) is 66.7 Å². The number of carbonyl (C=O) groups is 1. The van der Waals surface area contributed by atoms with Gasteiger partial charge in [0.05, 0.1) is 25.0 Å². The van der Waals surface area contributed by atoms with E-state index in [1.54, 1.807) is 24.3 Å². The molecule has 0 aromatic heterocycles. The molecule has 192 valence electrons. The molecule has 36 heavy (non-hydrogen) atoms. The summed E-state index contributed by atoms with van der Waals surface area (Å²) in [6.07, 6.45) is 1.21. The molecule has 1 amide bonds. The van der Waals surface area contributed by atoms with Gasteiger partial charge in [0.25, 0.3) is 5.91 Å². The molecule has 0 atom stereocenters. The number of hydrogen-bond donors (Lipinski definition) is 1. The van der Waals surface area contributed by atoms with E-state index < -0.39 is 10.0 Å². The molecule has 0 saturated carbocycles. The van der Waals surface area contributed by atoms with Crippen molar-refractivity contribution >= 4 is 21.6 Å². The average Bonchev–Trinajstić information content (AvgIpc) is 2.81. The van der Waals surface area contributed by atoms with Gasteiger partial charge in [0.1, 0.15) is 12.4 Å². The Balaban J connectivity index is 1.56. The van der Waals surface area contributed by atoms with Gasteiger partial charge >= 0.3 is 0 Å². The van der Waals surface area contributed by atoms with Crippen LogP contribution in [0.4, 0.5) is 5.69 Å². The maximum absolute atomic E-state index is 12.5. The van der Waals surface area contributed by atoms with Gasteiger partial charge in [-0.15, -0.1) is 0 Å². The van der Waals surface area contributed by atoms with E-state index in [1.807, 2.05) is 44.2 Å². The molecule has 0 heterocycles. The number of nitrogens with one attached hydrogen (secondary N) is 1. The number of nitrogens with zero attached hydrogens (tertiary/aromatic N) is 1. The minimum atomic E-state index is -3.49. The molecule has 7 heteroatoms. The van der Waals surface area contributed by atoms with Crippen molar-refractivity contribution in [3.63, 3.8) is 0 Å². The van der Waals surface area contributed by atoms with Crippen molar-refractivity contribution in [2.45, 2.75) is 46.6 Å². The zero-order chi connectivity index (χ0) is 26.5. The second-order valence-corrected chi connectivity index (χ2v) is 12.0. The monoisotopic (exact) mass is 508 g/mol. The largest absolute Gasteiger partial charge is 0.492 e. The fraction of sp³-hybridized carbons (Fsp3) is 0.345. The summed E-state index contributed by atoms with van der Waals surface area (Å²) >= 11 is 0. The van der Waals surface area contributed by atoms with Gasteiger partial charge < -0.3 is 10.1 Å². The van der Waals surface area contributed by atoms with Gasteiger partial charge in [-0.2, -0.15) is 0 Å². The second kappa shape index (κ2) is 11.2. The van der Waals surface area contributed by atoms with Crippen molar-refractivity contribution in [3.05, 3.63) is 94.5 Å². The Morgan fingerprint density at radius 3 is 2.17 bits per heavy atom. The van der Waals surface area contributed by atoms with Crippen molar-refractivity contribution in [1.82, 2.24) is 5.32 Å². The van der Waals surface area contributed by atoms with E-state index in [4.69, 9.17) is 4.74 Å². The summed E-state index contributed by atoms with van der Waals surface area (Å²) in [6.45, 7) is 11.2. The number of rotatable bonds is 9. The van der Waals surface area contributed by atoms with Crippen molar-refractivity contribution in [3.8, 4) is 5.75 Å². The lowest BCUT2D eigenvalue weighted by molar-refractivity contribution is 0.0947. The SMILES string of the molecule is Cc1ccc(C)c(N(Cc2ccc(C(=O)NCCOc3ccc(C(C)(C)C)cc3)cc2)S(C)(=O)=O)c1. The van der Waals surface area contributed by atoms with Crippen LogP contribution >= 0.6 is 0 Å². The van der Waals surface area contributed by atoms with Gasteiger partial charge in [0.15, 0.2) is 0 Å². The van der Waals surface area contributed by atoms with Crippen LogP contribution in [-0.4, -0.2) is 33.7 Å². The van der Waals surface area contributed by atoms with Crippen LogP contribution in [0.3, 0.4) is 0 Å². The molecular weight excluding hydrogens is 472 g/mol. The molecule has 6 nitrogen and oxygen atoms in total. The Morgan fingerprint density at radius 1 is 0.944 bits per heavy atom. The van der Waals surface area contributed by atoms with Crippen LogP contribution in [0.1, 0.15) is 53.4 Å². The minimum Gasteiger partial charge on any atom is -0.492 e. The fourth-order valence-corrected chi connectivity index (χ4v) is 4.72. The van der Waals surface area contributed by atoms with Crippen LogP contribution in [-0.2, 0) is 22.0 Å². The summed E-state index contributed by atoms with van der Waals surface area (Å²) in [5, 5.41) is 2.86. The Kier molecular flexibility index (Phi) is 8.46. The summed E-state index contributed by atoms with van der Waals surface area (Å²) in [5.74, 6) is 0.559. The van der Waals surface area contributed by atoms with Crippen LogP contribution < -0.4 is 14.4 Å². The summed E-state index contributed by atoms with van der Waals surface area (Å²) < 4.78 is 32.2. The lowest BCUT2D eigenvalue weighted by Crippen LogP contribution is -2.30. The summed E-state index contributed by atoms with van der Waals surface area (Å²) in [7, 11) is -3.49. The topological polar surface area (TPSA) is 75.7 Å². The number of hydrogen-bond acceptors (Lipinski definition) is 4. The van der Waals surface area contributed by atoms with Crippen LogP contribution in [0.5, 0.6) is 5.75 Å². The third kappa shape index (κ3) is 7.34. The summed E-state index contributed by atoms with van der Waals surface area (Å²) in [5.41, 5.74) is 5.15. The van der Waals surface area contributed by atoms with E-state index in [-0.39, 0.29) is 17.9 Å². The van der Waals surface area contributed by atoms with E-state index in [1.165, 1.54) is 16.1 Å². The molecule has 1 N–H and O–H groups in total. The molecular formula is C29H36N2O4S. The lowest BCUT2D eigenvalue weighted by Gasteiger charge is -2.25. The molecule has 0 aliphatic rings. The van der Waals surface area contributed by atoms with E-state index in [0.29, 0.717) is 24.4 Å². The Morgan fingerprint density at radius 2 is 1.58 bits per heavy atom. The Hall–Kier alpha value is -3.32. The highest BCUT2D eigenvalue weighted by molar-refractivity contribution is 7.92. The smallest absolute Gasteiger partial charge is 0.251 e. The fourth-order valence-electron chi connectivity index (χ4n) is 3.78. The Labute approximate surface area is 215 Å². The molecule has 0 unspecified atom stereocenters. The van der Waals surface area contributed by atoms with Crippen LogP contribution in [0, 0.1) is 13.8 Å². The first-order valence-corrected chi connectivity index (χ1v) is 13.8. The number of anilines is 1. The molecule has 0 fully saturated rings. The minimum absolute atomic E-state index is 0.0880. The average molecular weight is 509 g/mol. The van der Waals surface area contributed by atoms with Gasteiger partial charge in [-0.25, -0.2) is 8.42 Å². The predicted molar refractivity (Wildman–Crippen MR) is 146 cm³/mol. The zero-order valence-corrected chi connectivity index (χ0v) is 22.8. The van der Waals surface area contributed by atoms with E-state index in [2.05, 4.69) is 38.2 Å². The molecule has 3 rings (SSSR count). The second-order valence-electron chi connectivity index (χ2n) is 10.1. The molecule has 3 aromatic carbocycles. The van der Waals surface area contributed by atoms with Crippen molar-refractivity contribution in [2.75, 3.05) is 23.7 Å². The zero-order valence-electron chi connectivity index (χ0n) is 22.0. The number of benzene rings is 3. The van der Waals surface area contributed by atoms with Crippen molar-refractivity contribution < 1.29 is 17.9 Å². The maximum Gasteiger partial charge on any atom is 0.251 e. The third-order valence-corrected chi connectivity index (χ3v) is 7.08. The number of amides is 1. The van der Waals surface area contributed by atoms with Crippen molar-refractivity contribution in [2.24, 2.45) is 0 Å². The summed E-state index contributed by atoms with van der Waals surface area (Å²) in [4.78, 5) is 12.5. The maximum atomic E-state index is 12.5. The molecule has 0 spiro atoms. The molecule has 0 bridgehead atoms. The highest BCUT2D eigenvalue weighted by Gasteiger charge is 2.20. The molecule has 0 saturated heterocycles. The first kappa shape index (κ1) is 27.3. The van der Waals surface area contributed by atoms with E-state index in [9.17, 15) is 13.2 Å². The molecule has 0 aliphatic heterocycles. The first-order chi connectivity index (χ1) is 16.8. The third-order valence-electron chi connectivity index (χ3n) is 5.95. The van der Waals surface area contributed by atoms with Crippen LogP contribution in [0.25, 0.3) is 0 Å². The van der Waals surface area contributed by atoms with Gasteiger partial charge in [-0.05, 0) is 71.8 Å². The quantitative estimate of drug-likeness (QED) is 0.394. The normalized spacial score (nSPS) is 11.7. The highest BCUT2D eigenvalue weighted by Crippen LogP contribution is 2.26. The van der Waals surface area contributed by atoms with Crippen molar-refractivity contribution in [1.29, 1.82) is 0 Å². The summed E-state index contributed by atoms with van der Waals surface area (Å²) in [6, 6.07) is 20.7. The standard InChI is InChI=1S/C29H36N2O4S/c1-21-7-8-22(2)27(19-21)31(36(6,33)34)20-23-9-11-24(12-10-23)28(32)30-17-18-35-26-15-13-25(14-16-26)29(3,4)5/h7-16,19H,17-18,20H2,1-6H3,(H,30,32). The van der Waals surface area contributed by atoms with E-state index in [0.717, 1.165) is 22.4 Å². The van der Waals surface area contributed by atoms with Gasteiger partial charge in [-0.3, -0.25) is 9.10 Å². The van der Waals surface area contributed by atoms with Crippen LogP contribution in [0.2, 0.25) is 0 Å². The number of carbonyl (C=O) groups excluding carboxylic acids is 1. The van der Waals surface area contributed by atoms with Gasteiger partial charge in [-0.1, -0.05) is 57.2 Å². The number of ether oxygens (including phenoxy) is 1. The molecule has 0 aliphatic carbocycles. The lowest BCUT2D eigenvalue weighted by atomic mass is 9.87. The van der Waals surface area contributed by atoms with Gasteiger partial charge in [0, 0.05) is 5.56 Å².